The molecule has 2 rings (SSSR count). The molecule has 0 amide bonds. The average Bonchev–Trinajstić information content (AvgIpc) is 2.27. The van der Waals surface area contributed by atoms with Gasteiger partial charge >= 0.3 is 5.97 Å². The Labute approximate surface area is 114 Å². The van der Waals surface area contributed by atoms with E-state index in [-0.39, 0.29) is 6.42 Å². The number of halogens is 1. The van der Waals surface area contributed by atoms with Gasteiger partial charge in [0.2, 0.25) is 0 Å². The summed E-state index contributed by atoms with van der Waals surface area (Å²) in [5.41, 5.74) is 0.361. The molecule has 0 unspecified atom stereocenters. The predicted molar refractivity (Wildman–Crippen MR) is 70.4 cm³/mol. The van der Waals surface area contributed by atoms with Gasteiger partial charge in [-0.2, -0.15) is 0 Å². The van der Waals surface area contributed by atoms with Crippen LogP contribution in [0.1, 0.15) is 25.8 Å². The lowest BCUT2D eigenvalue weighted by molar-refractivity contribution is -0.138. The van der Waals surface area contributed by atoms with Crippen molar-refractivity contribution in [2.75, 3.05) is 13.2 Å². The maximum Gasteiger partial charge on any atom is 0.304 e. The van der Waals surface area contributed by atoms with Crippen LogP contribution >= 0.6 is 15.9 Å². The third-order valence-corrected chi connectivity index (χ3v) is 3.59. The van der Waals surface area contributed by atoms with Crippen molar-refractivity contribution in [3.05, 3.63) is 22.2 Å². The molecule has 0 radical (unpaired) electrons. The van der Waals surface area contributed by atoms with Gasteiger partial charge in [0.15, 0.2) is 11.5 Å². The minimum atomic E-state index is -0.826. The van der Waals surface area contributed by atoms with Crippen LogP contribution in [0.15, 0.2) is 16.6 Å². The van der Waals surface area contributed by atoms with E-state index in [9.17, 15) is 4.79 Å². The number of hydrogen-bond acceptors (Lipinski definition) is 3. The zero-order chi connectivity index (χ0) is 13.3. The number of carboxylic acids is 1. The molecule has 1 aromatic rings. The smallest absolute Gasteiger partial charge is 0.304 e. The van der Waals surface area contributed by atoms with Gasteiger partial charge in [0.25, 0.3) is 0 Å². The molecule has 4 nitrogen and oxygen atoms in total. The highest BCUT2D eigenvalue weighted by molar-refractivity contribution is 9.10. The summed E-state index contributed by atoms with van der Waals surface area (Å²) >= 11 is 3.41. The number of aliphatic carboxylic acids is 1. The fraction of sp³-hybridized carbons (Fsp3) is 0.462. The lowest BCUT2D eigenvalue weighted by atomic mass is 9.81. The van der Waals surface area contributed by atoms with Crippen LogP contribution in [0.25, 0.3) is 0 Å². The Kier molecular flexibility index (Phi) is 3.52. The van der Waals surface area contributed by atoms with Crippen molar-refractivity contribution in [1.29, 1.82) is 0 Å². The second kappa shape index (κ2) is 4.80. The van der Waals surface area contributed by atoms with Crippen LogP contribution < -0.4 is 9.47 Å². The Balaban J connectivity index is 2.48. The minimum absolute atomic E-state index is 0.0461. The fourth-order valence-electron chi connectivity index (χ4n) is 2.11. The molecule has 98 valence electrons. The number of fused-ring (bicyclic) bond motifs is 1. The van der Waals surface area contributed by atoms with Gasteiger partial charge in [-0.05, 0) is 22.0 Å². The lowest BCUT2D eigenvalue weighted by Crippen LogP contribution is -2.25. The molecule has 1 aliphatic rings. The average molecular weight is 315 g/mol. The maximum absolute atomic E-state index is 10.9. The van der Waals surface area contributed by atoms with E-state index in [1.54, 1.807) is 0 Å². The number of hydrogen-bond donors (Lipinski definition) is 1. The number of ether oxygens (including phenoxy) is 2. The molecule has 0 atom stereocenters. The first-order valence-corrected chi connectivity index (χ1v) is 6.51. The molecule has 5 heteroatoms. The fourth-order valence-corrected chi connectivity index (χ4v) is 2.54. The summed E-state index contributed by atoms with van der Waals surface area (Å²) in [6.45, 7) is 4.78. The Hall–Kier alpha value is -1.23. The van der Waals surface area contributed by atoms with Crippen LogP contribution in [0.4, 0.5) is 0 Å². The van der Waals surface area contributed by atoms with Crippen LogP contribution in [-0.4, -0.2) is 24.3 Å². The maximum atomic E-state index is 10.9. The topological polar surface area (TPSA) is 55.8 Å². The second-order valence-electron chi connectivity index (χ2n) is 4.90. The van der Waals surface area contributed by atoms with Gasteiger partial charge in [-0.25, -0.2) is 0 Å². The summed E-state index contributed by atoms with van der Waals surface area (Å²) in [7, 11) is 0. The highest BCUT2D eigenvalue weighted by atomic mass is 79.9. The van der Waals surface area contributed by atoms with Crippen molar-refractivity contribution >= 4 is 21.9 Å². The zero-order valence-electron chi connectivity index (χ0n) is 10.3. The van der Waals surface area contributed by atoms with E-state index < -0.39 is 11.4 Å². The van der Waals surface area contributed by atoms with Crippen molar-refractivity contribution in [2.24, 2.45) is 0 Å². The second-order valence-corrected chi connectivity index (χ2v) is 5.76. The molecule has 0 spiro atoms. The van der Waals surface area contributed by atoms with E-state index in [2.05, 4.69) is 15.9 Å². The van der Waals surface area contributed by atoms with E-state index in [1.807, 2.05) is 26.0 Å². The SMILES string of the molecule is CC(C)(CC(=O)O)c1ccc(Br)c2c1OCCO2. The van der Waals surface area contributed by atoms with Gasteiger partial charge < -0.3 is 14.6 Å². The lowest BCUT2D eigenvalue weighted by Gasteiger charge is -2.29. The van der Waals surface area contributed by atoms with Crippen molar-refractivity contribution < 1.29 is 19.4 Å². The molecule has 0 fully saturated rings. The molecule has 1 aliphatic heterocycles. The Bertz CT molecular complexity index is 482. The highest BCUT2D eigenvalue weighted by Crippen LogP contribution is 2.45. The zero-order valence-corrected chi connectivity index (χ0v) is 11.9. The van der Waals surface area contributed by atoms with E-state index in [4.69, 9.17) is 14.6 Å². The third kappa shape index (κ3) is 2.46. The molecule has 1 heterocycles. The first-order valence-electron chi connectivity index (χ1n) is 5.72. The van der Waals surface area contributed by atoms with E-state index in [1.165, 1.54) is 0 Å². The molecule has 0 aliphatic carbocycles. The molecule has 18 heavy (non-hydrogen) atoms. The minimum Gasteiger partial charge on any atom is -0.486 e. The predicted octanol–water partition coefficient (Wildman–Crippen LogP) is 2.97. The van der Waals surface area contributed by atoms with Crippen LogP contribution in [-0.2, 0) is 10.2 Å². The Morgan fingerprint density at radius 2 is 1.94 bits per heavy atom. The normalized spacial score (nSPS) is 14.4. The van der Waals surface area contributed by atoms with Crippen molar-refractivity contribution in [2.45, 2.75) is 25.7 Å². The van der Waals surface area contributed by atoms with Crippen LogP contribution in [0.2, 0.25) is 0 Å². The highest BCUT2D eigenvalue weighted by Gasteiger charge is 2.31. The van der Waals surface area contributed by atoms with Gasteiger partial charge in [0.05, 0.1) is 10.9 Å². The summed E-state index contributed by atoms with van der Waals surface area (Å²) in [4.78, 5) is 10.9. The summed E-state index contributed by atoms with van der Waals surface area (Å²) in [6.07, 6.45) is 0.0461. The van der Waals surface area contributed by atoms with Crippen molar-refractivity contribution in [1.82, 2.24) is 0 Å². The van der Waals surface area contributed by atoms with Gasteiger partial charge in [0, 0.05) is 11.0 Å². The first kappa shape index (κ1) is 13.2. The van der Waals surface area contributed by atoms with Crippen molar-refractivity contribution in [3.8, 4) is 11.5 Å². The molecule has 0 saturated carbocycles. The molecule has 1 aromatic carbocycles. The number of rotatable bonds is 3. The number of carbonyl (C=O) groups is 1. The van der Waals surface area contributed by atoms with Crippen LogP contribution in [0.5, 0.6) is 11.5 Å². The summed E-state index contributed by atoms with van der Waals surface area (Å²) in [5, 5.41) is 8.99. The van der Waals surface area contributed by atoms with Gasteiger partial charge in [-0.15, -0.1) is 0 Å². The van der Waals surface area contributed by atoms with Gasteiger partial charge in [-0.3, -0.25) is 4.79 Å². The summed E-state index contributed by atoms with van der Waals surface area (Å²) in [6, 6.07) is 3.76. The van der Waals surface area contributed by atoms with E-state index in [0.29, 0.717) is 24.7 Å². The van der Waals surface area contributed by atoms with Gasteiger partial charge in [0.1, 0.15) is 13.2 Å². The standard InChI is InChI=1S/C13H15BrO4/c1-13(2,7-10(15)16)8-3-4-9(14)12-11(8)17-5-6-18-12/h3-4H,5-7H2,1-2H3,(H,15,16). The monoisotopic (exact) mass is 314 g/mol. The van der Waals surface area contributed by atoms with Crippen molar-refractivity contribution in [3.63, 3.8) is 0 Å². The first-order chi connectivity index (χ1) is 8.42. The Morgan fingerprint density at radius 3 is 2.56 bits per heavy atom. The van der Waals surface area contributed by atoms with Gasteiger partial charge in [-0.1, -0.05) is 19.9 Å². The number of benzene rings is 1. The number of carboxylic acid groups (broad SMARTS) is 1. The molecular formula is C13H15BrO4. The molecule has 0 saturated heterocycles. The summed E-state index contributed by atoms with van der Waals surface area (Å²) < 4.78 is 12.1. The molecule has 1 N–H and O–H groups in total. The quantitative estimate of drug-likeness (QED) is 0.932. The third-order valence-electron chi connectivity index (χ3n) is 2.96. The molecule has 0 bridgehead atoms. The molecular weight excluding hydrogens is 300 g/mol. The van der Waals surface area contributed by atoms with E-state index in [0.717, 1.165) is 10.0 Å². The largest absolute Gasteiger partial charge is 0.486 e. The summed E-state index contributed by atoms with van der Waals surface area (Å²) in [5.74, 6) is 0.493. The molecule has 0 aromatic heterocycles. The van der Waals surface area contributed by atoms with Crippen LogP contribution in [0.3, 0.4) is 0 Å². The van der Waals surface area contributed by atoms with E-state index >= 15 is 0 Å². The van der Waals surface area contributed by atoms with Crippen LogP contribution in [0, 0.1) is 0 Å². The Morgan fingerprint density at radius 1 is 1.33 bits per heavy atom.